The largest absolute Gasteiger partial charge is 0.261 e. The Hall–Kier alpha value is -0.850. The summed E-state index contributed by atoms with van der Waals surface area (Å²) >= 11 is 0. The number of hydrogen-bond acceptors (Lipinski definition) is 1. The lowest BCUT2D eigenvalue weighted by Gasteiger charge is -2.01. The van der Waals surface area contributed by atoms with Gasteiger partial charge < -0.3 is 0 Å². The van der Waals surface area contributed by atoms with E-state index in [-0.39, 0.29) is 0 Å². The van der Waals surface area contributed by atoms with Gasteiger partial charge >= 0.3 is 0 Å². The second-order valence-corrected chi connectivity index (χ2v) is 2.63. The second kappa shape index (κ2) is 3.35. The highest BCUT2D eigenvalue weighted by atomic mass is 14.7. The van der Waals surface area contributed by atoms with Crippen molar-refractivity contribution in [3.8, 4) is 0 Å². The Morgan fingerprint density at radius 2 is 2.40 bits per heavy atom. The summed E-state index contributed by atoms with van der Waals surface area (Å²) in [5, 5.41) is 0. The van der Waals surface area contributed by atoms with Gasteiger partial charge in [0.2, 0.25) is 0 Å². The maximum absolute atomic E-state index is 4.18. The highest BCUT2D eigenvalue weighted by Crippen LogP contribution is 2.02. The molecule has 0 saturated heterocycles. The highest BCUT2D eigenvalue weighted by Gasteiger charge is 1.95. The molecule has 0 bridgehead atoms. The number of nitrogens with zero attached hydrogens (tertiary/aromatic N) is 1. The fourth-order valence-corrected chi connectivity index (χ4v) is 0.876. The van der Waals surface area contributed by atoms with Crippen molar-refractivity contribution < 1.29 is 0 Å². The lowest BCUT2D eigenvalue weighted by molar-refractivity contribution is 0.703. The van der Waals surface area contributed by atoms with Crippen LogP contribution < -0.4 is 0 Å². The van der Waals surface area contributed by atoms with E-state index >= 15 is 0 Å². The first kappa shape index (κ1) is 7.26. The minimum Gasteiger partial charge on any atom is -0.261 e. The van der Waals surface area contributed by atoms with E-state index in [1.54, 1.807) is 0 Å². The maximum Gasteiger partial charge on any atom is 0.0406 e. The van der Waals surface area contributed by atoms with Crippen LogP contribution in [0.1, 0.15) is 12.6 Å². The minimum absolute atomic E-state index is 0.454. The Labute approximate surface area is 62.1 Å². The van der Waals surface area contributed by atoms with Crippen LogP contribution >= 0.6 is 0 Å². The van der Waals surface area contributed by atoms with Crippen LogP contribution in [0.4, 0.5) is 0 Å². The zero-order chi connectivity index (χ0) is 7.40. The van der Waals surface area contributed by atoms with Gasteiger partial charge in [0, 0.05) is 11.9 Å². The highest BCUT2D eigenvalue weighted by molar-refractivity contribution is 5.04. The molecular weight excluding hydrogens is 122 g/mol. The summed E-state index contributed by atoms with van der Waals surface area (Å²) in [7, 11) is 0. The van der Waals surface area contributed by atoms with Gasteiger partial charge in [0.25, 0.3) is 0 Å². The van der Waals surface area contributed by atoms with Gasteiger partial charge in [-0.1, -0.05) is 19.9 Å². The van der Waals surface area contributed by atoms with Gasteiger partial charge in [-0.05, 0) is 24.5 Å². The van der Waals surface area contributed by atoms with Gasteiger partial charge in [-0.25, -0.2) is 0 Å². The molecule has 0 fully saturated rings. The van der Waals surface area contributed by atoms with Crippen LogP contribution in [0, 0.1) is 12.8 Å². The third-order valence-corrected chi connectivity index (χ3v) is 1.28. The van der Waals surface area contributed by atoms with Crippen molar-refractivity contribution in [2.24, 2.45) is 5.92 Å². The van der Waals surface area contributed by atoms with Crippen LogP contribution in [0.2, 0.25) is 0 Å². The summed E-state index contributed by atoms with van der Waals surface area (Å²) in [4.78, 5) is 4.18. The molecule has 0 aliphatic heterocycles. The number of aromatic nitrogens is 1. The van der Waals surface area contributed by atoms with Gasteiger partial charge in [-0.15, -0.1) is 0 Å². The molecule has 0 aliphatic rings. The predicted octanol–water partition coefficient (Wildman–Crippen LogP) is 2.09. The quantitative estimate of drug-likeness (QED) is 0.603. The van der Waals surface area contributed by atoms with E-state index < -0.39 is 0 Å². The van der Waals surface area contributed by atoms with Crippen molar-refractivity contribution in [2.45, 2.75) is 13.3 Å². The van der Waals surface area contributed by atoms with E-state index in [4.69, 9.17) is 0 Å². The Morgan fingerprint density at radius 1 is 1.60 bits per heavy atom. The van der Waals surface area contributed by atoms with E-state index in [1.165, 1.54) is 0 Å². The molecule has 0 aliphatic carbocycles. The molecule has 1 radical (unpaired) electrons. The number of hydrogen-bond donors (Lipinski definition) is 0. The molecule has 53 valence electrons. The normalized spacial score (nSPS) is 10.3. The van der Waals surface area contributed by atoms with Crippen LogP contribution in [0.25, 0.3) is 0 Å². The molecule has 10 heavy (non-hydrogen) atoms. The summed E-state index contributed by atoms with van der Waals surface area (Å²) in [6.07, 6.45) is 2.79. The van der Waals surface area contributed by atoms with Gasteiger partial charge in [-0.3, -0.25) is 4.98 Å². The van der Waals surface area contributed by atoms with E-state index in [0.29, 0.717) is 5.92 Å². The Kier molecular flexibility index (Phi) is 2.43. The van der Waals surface area contributed by atoms with E-state index in [1.807, 2.05) is 24.4 Å². The molecule has 1 rings (SSSR count). The lowest BCUT2D eigenvalue weighted by atomic mass is 10.1. The molecule has 0 unspecified atom stereocenters. The lowest BCUT2D eigenvalue weighted by Crippen LogP contribution is -1.95. The zero-order valence-corrected chi connectivity index (χ0v) is 6.25. The minimum atomic E-state index is 0.454. The topological polar surface area (TPSA) is 12.9 Å². The molecule has 1 aromatic heterocycles. The average Bonchev–Trinajstić information content (AvgIpc) is 1.88. The van der Waals surface area contributed by atoms with Crippen LogP contribution in [0.15, 0.2) is 24.4 Å². The van der Waals surface area contributed by atoms with Crippen LogP contribution in [-0.4, -0.2) is 4.98 Å². The monoisotopic (exact) mass is 134 g/mol. The molecule has 1 nitrogen and oxygen atoms in total. The fraction of sp³-hybridized carbons (Fsp3) is 0.333. The SMILES string of the molecule is [CH2][C@@H](C)Cc1ccccn1. The first-order valence-electron chi connectivity index (χ1n) is 3.52. The molecule has 0 N–H and O–H groups in total. The molecule has 1 heterocycles. The summed E-state index contributed by atoms with van der Waals surface area (Å²) in [6, 6.07) is 5.96. The molecular formula is C9H12N. The molecule has 0 saturated carbocycles. The zero-order valence-electron chi connectivity index (χ0n) is 6.25. The van der Waals surface area contributed by atoms with Gasteiger partial charge in [0.15, 0.2) is 0 Å². The van der Waals surface area contributed by atoms with Crippen LogP contribution in [0.5, 0.6) is 0 Å². The Bertz CT molecular complexity index is 179. The average molecular weight is 134 g/mol. The maximum atomic E-state index is 4.18. The van der Waals surface area contributed by atoms with Crippen LogP contribution in [0.3, 0.4) is 0 Å². The summed E-state index contributed by atoms with van der Waals surface area (Å²) < 4.78 is 0. The van der Waals surface area contributed by atoms with E-state index in [0.717, 1.165) is 12.1 Å². The summed E-state index contributed by atoms with van der Waals surface area (Å²) in [6.45, 7) is 5.99. The first-order valence-corrected chi connectivity index (χ1v) is 3.52. The van der Waals surface area contributed by atoms with Crippen molar-refractivity contribution in [1.82, 2.24) is 4.98 Å². The van der Waals surface area contributed by atoms with Gasteiger partial charge in [0.1, 0.15) is 0 Å². The fourth-order valence-electron chi connectivity index (χ4n) is 0.876. The summed E-state index contributed by atoms with van der Waals surface area (Å²) in [5.74, 6) is 0.454. The van der Waals surface area contributed by atoms with Crippen molar-refractivity contribution >= 4 is 0 Å². The molecule has 1 aromatic rings. The first-order chi connectivity index (χ1) is 4.79. The molecule has 0 aromatic carbocycles. The van der Waals surface area contributed by atoms with Gasteiger partial charge in [-0.2, -0.15) is 0 Å². The predicted molar refractivity (Wildman–Crippen MR) is 42.5 cm³/mol. The third kappa shape index (κ3) is 2.18. The molecule has 1 heteroatoms. The third-order valence-electron chi connectivity index (χ3n) is 1.28. The summed E-state index contributed by atoms with van der Waals surface area (Å²) in [5.41, 5.74) is 1.13. The van der Waals surface area contributed by atoms with Crippen LogP contribution in [-0.2, 0) is 6.42 Å². The standard InChI is InChI=1S/C9H12N/c1-8(2)7-9-5-3-4-6-10-9/h3-6,8H,1,7H2,2H3/t8-/m0/s1. The number of pyridine rings is 1. The van der Waals surface area contributed by atoms with Crippen molar-refractivity contribution in [1.29, 1.82) is 0 Å². The molecule has 1 atom stereocenters. The second-order valence-electron chi connectivity index (χ2n) is 2.63. The molecule has 0 amide bonds. The van der Waals surface area contributed by atoms with E-state index in [9.17, 15) is 0 Å². The Morgan fingerprint density at radius 3 is 2.90 bits per heavy atom. The van der Waals surface area contributed by atoms with E-state index in [2.05, 4.69) is 18.8 Å². The smallest absolute Gasteiger partial charge is 0.0406 e. The number of rotatable bonds is 2. The van der Waals surface area contributed by atoms with Crippen molar-refractivity contribution in [2.75, 3.05) is 0 Å². The van der Waals surface area contributed by atoms with Crippen molar-refractivity contribution in [3.05, 3.63) is 37.0 Å². The molecule has 0 spiro atoms. The van der Waals surface area contributed by atoms with Crippen molar-refractivity contribution in [3.63, 3.8) is 0 Å². The Balaban J connectivity index is 2.59. The van der Waals surface area contributed by atoms with Gasteiger partial charge in [0.05, 0.1) is 0 Å².